The van der Waals surface area contributed by atoms with Crippen molar-refractivity contribution in [3.63, 3.8) is 0 Å². The first kappa shape index (κ1) is 15.8. The fraction of sp³-hybridized carbons (Fsp3) is 0.375. The maximum Gasteiger partial charge on any atom is 0.162 e. The molecular weight excluding hydrogens is 282 g/mol. The molecular formula is C16H21N3OS. The highest BCUT2D eigenvalue weighted by molar-refractivity contribution is 7.99. The van der Waals surface area contributed by atoms with Crippen molar-refractivity contribution in [2.75, 3.05) is 18.5 Å². The second kappa shape index (κ2) is 8.00. The fourth-order valence-electron chi connectivity index (χ4n) is 1.92. The van der Waals surface area contributed by atoms with Gasteiger partial charge in [-0.2, -0.15) is 0 Å². The average Bonchev–Trinajstić information content (AvgIpc) is 2.48. The highest BCUT2D eigenvalue weighted by Gasteiger charge is 2.10. The molecule has 1 atom stereocenters. The summed E-state index contributed by atoms with van der Waals surface area (Å²) in [6, 6.07) is 11.9. The molecule has 0 spiro atoms. The number of benzene rings is 1. The second-order valence-electron chi connectivity index (χ2n) is 4.75. The number of aliphatic hydroxyl groups is 1. The van der Waals surface area contributed by atoms with Crippen molar-refractivity contribution in [1.29, 1.82) is 0 Å². The molecule has 5 heteroatoms. The molecule has 0 saturated heterocycles. The van der Waals surface area contributed by atoms with Crippen molar-refractivity contribution < 1.29 is 5.11 Å². The van der Waals surface area contributed by atoms with Gasteiger partial charge in [-0.3, -0.25) is 0 Å². The molecule has 0 aliphatic rings. The van der Waals surface area contributed by atoms with Gasteiger partial charge in [0.15, 0.2) is 5.82 Å². The monoisotopic (exact) mass is 303 g/mol. The van der Waals surface area contributed by atoms with Crippen LogP contribution < -0.4 is 5.32 Å². The Morgan fingerprint density at radius 2 is 2.00 bits per heavy atom. The van der Waals surface area contributed by atoms with Gasteiger partial charge in [0.2, 0.25) is 0 Å². The Balaban J connectivity index is 2.30. The van der Waals surface area contributed by atoms with Crippen LogP contribution in [0.25, 0.3) is 11.4 Å². The lowest BCUT2D eigenvalue weighted by atomic mass is 10.2. The van der Waals surface area contributed by atoms with E-state index in [4.69, 9.17) is 5.11 Å². The minimum Gasteiger partial charge on any atom is -0.396 e. The molecule has 1 unspecified atom stereocenters. The first-order valence-electron chi connectivity index (χ1n) is 7.18. The number of anilines is 1. The number of nitrogens with one attached hydrogen (secondary N) is 1. The largest absolute Gasteiger partial charge is 0.396 e. The third-order valence-corrected chi connectivity index (χ3v) is 4.04. The van der Waals surface area contributed by atoms with Gasteiger partial charge in [-0.05, 0) is 13.3 Å². The molecule has 4 nitrogen and oxygen atoms in total. The number of hydrogen-bond acceptors (Lipinski definition) is 5. The predicted octanol–water partition coefficient (Wildman–Crippen LogP) is 3.44. The van der Waals surface area contributed by atoms with E-state index in [0.29, 0.717) is 5.25 Å². The van der Waals surface area contributed by atoms with E-state index in [9.17, 15) is 0 Å². The summed E-state index contributed by atoms with van der Waals surface area (Å²) in [5, 5.41) is 13.5. The van der Waals surface area contributed by atoms with Crippen molar-refractivity contribution in [2.45, 2.75) is 30.5 Å². The number of aromatic nitrogens is 2. The lowest BCUT2D eigenvalue weighted by molar-refractivity contribution is 0.289. The van der Waals surface area contributed by atoms with E-state index in [1.807, 2.05) is 43.3 Å². The molecule has 0 amide bonds. The van der Waals surface area contributed by atoms with E-state index in [-0.39, 0.29) is 6.61 Å². The van der Waals surface area contributed by atoms with Crippen LogP contribution in [-0.4, -0.2) is 33.5 Å². The van der Waals surface area contributed by atoms with E-state index in [2.05, 4.69) is 22.2 Å². The van der Waals surface area contributed by atoms with Crippen LogP contribution in [0.3, 0.4) is 0 Å². The van der Waals surface area contributed by atoms with E-state index in [1.54, 1.807) is 11.8 Å². The summed E-state index contributed by atoms with van der Waals surface area (Å²) in [6.45, 7) is 5.16. The lowest BCUT2D eigenvalue weighted by Gasteiger charge is -2.12. The zero-order chi connectivity index (χ0) is 15.1. The maximum absolute atomic E-state index is 9.03. The Kier molecular flexibility index (Phi) is 6.02. The molecule has 21 heavy (non-hydrogen) atoms. The van der Waals surface area contributed by atoms with Gasteiger partial charge in [0.25, 0.3) is 0 Å². The lowest BCUT2D eigenvalue weighted by Crippen LogP contribution is -2.04. The van der Waals surface area contributed by atoms with Gasteiger partial charge in [-0.25, -0.2) is 9.97 Å². The van der Waals surface area contributed by atoms with Gasteiger partial charge in [0.05, 0.1) is 0 Å². The van der Waals surface area contributed by atoms with Gasteiger partial charge in [-0.1, -0.05) is 37.3 Å². The summed E-state index contributed by atoms with van der Waals surface area (Å²) in [4.78, 5) is 9.20. The minimum absolute atomic E-state index is 0.199. The van der Waals surface area contributed by atoms with Crippen molar-refractivity contribution >= 4 is 17.6 Å². The number of hydrogen-bond donors (Lipinski definition) is 2. The second-order valence-corrected chi connectivity index (χ2v) is 6.21. The van der Waals surface area contributed by atoms with Crippen LogP contribution in [0.5, 0.6) is 0 Å². The molecule has 2 N–H and O–H groups in total. The van der Waals surface area contributed by atoms with Crippen molar-refractivity contribution in [2.24, 2.45) is 0 Å². The van der Waals surface area contributed by atoms with Gasteiger partial charge in [0, 0.05) is 30.0 Å². The van der Waals surface area contributed by atoms with Crippen LogP contribution in [0, 0.1) is 0 Å². The molecule has 0 bridgehead atoms. The fourth-order valence-corrected chi connectivity index (χ4v) is 2.87. The van der Waals surface area contributed by atoms with Crippen LogP contribution in [0.1, 0.15) is 20.3 Å². The summed E-state index contributed by atoms with van der Waals surface area (Å²) < 4.78 is 0. The summed E-state index contributed by atoms with van der Waals surface area (Å²) in [5.41, 5.74) is 1.01. The standard InChI is InChI=1S/C16H21N3OS/c1-3-17-14-11-15(21-12(2)9-10-20)19-16(18-14)13-7-5-4-6-8-13/h4-8,11-12,20H,3,9-10H2,1-2H3,(H,17,18,19). The number of rotatable bonds is 7. The van der Waals surface area contributed by atoms with Gasteiger partial charge >= 0.3 is 0 Å². The molecule has 2 rings (SSSR count). The summed E-state index contributed by atoms with van der Waals surface area (Å²) in [7, 11) is 0. The Labute approximate surface area is 130 Å². The zero-order valence-electron chi connectivity index (χ0n) is 12.4. The van der Waals surface area contributed by atoms with Gasteiger partial charge in [0.1, 0.15) is 10.8 Å². The van der Waals surface area contributed by atoms with Crippen LogP contribution in [0.4, 0.5) is 5.82 Å². The number of nitrogens with zero attached hydrogens (tertiary/aromatic N) is 2. The molecule has 112 valence electrons. The highest BCUT2D eigenvalue weighted by atomic mass is 32.2. The summed E-state index contributed by atoms with van der Waals surface area (Å²) >= 11 is 1.67. The number of thioether (sulfide) groups is 1. The van der Waals surface area contributed by atoms with E-state index >= 15 is 0 Å². The third-order valence-electron chi connectivity index (χ3n) is 2.95. The van der Waals surface area contributed by atoms with Crippen LogP contribution in [0.15, 0.2) is 41.4 Å². The molecule has 0 radical (unpaired) electrons. The third kappa shape index (κ3) is 4.72. The predicted molar refractivity (Wildman–Crippen MR) is 88.7 cm³/mol. The SMILES string of the molecule is CCNc1cc(SC(C)CCO)nc(-c2ccccc2)n1. The molecule has 0 saturated carbocycles. The molecule has 1 aromatic carbocycles. The van der Waals surface area contributed by atoms with Crippen molar-refractivity contribution in [1.82, 2.24) is 9.97 Å². The molecule has 0 aliphatic carbocycles. The Morgan fingerprint density at radius 1 is 1.24 bits per heavy atom. The summed E-state index contributed by atoms with van der Waals surface area (Å²) in [5.74, 6) is 1.57. The Bertz CT molecular complexity index is 563. The van der Waals surface area contributed by atoms with E-state index < -0.39 is 0 Å². The molecule has 1 heterocycles. The molecule has 0 aliphatic heterocycles. The molecule has 0 fully saturated rings. The summed E-state index contributed by atoms with van der Waals surface area (Å²) in [6.07, 6.45) is 0.756. The average molecular weight is 303 g/mol. The Morgan fingerprint density at radius 3 is 2.67 bits per heavy atom. The molecule has 1 aromatic heterocycles. The van der Waals surface area contributed by atoms with Gasteiger partial charge < -0.3 is 10.4 Å². The smallest absolute Gasteiger partial charge is 0.162 e. The number of aliphatic hydroxyl groups excluding tert-OH is 1. The highest BCUT2D eigenvalue weighted by Crippen LogP contribution is 2.27. The van der Waals surface area contributed by atoms with Crippen molar-refractivity contribution in [3.8, 4) is 11.4 Å². The first-order valence-corrected chi connectivity index (χ1v) is 8.06. The van der Waals surface area contributed by atoms with Crippen molar-refractivity contribution in [3.05, 3.63) is 36.4 Å². The van der Waals surface area contributed by atoms with Crippen LogP contribution in [-0.2, 0) is 0 Å². The van der Waals surface area contributed by atoms with E-state index in [0.717, 1.165) is 35.2 Å². The van der Waals surface area contributed by atoms with Crippen LogP contribution in [0.2, 0.25) is 0 Å². The maximum atomic E-state index is 9.03. The minimum atomic E-state index is 0.199. The first-order chi connectivity index (χ1) is 10.2. The van der Waals surface area contributed by atoms with Gasteiger partial charge in [-0.15, -0.1) is 11.8 Å². The zero-order valence-corrected chi connectivity index (χ0v) is 13.2. The molecule has 2 aromatic rings. The van der Waals surface area contributed by atoms with Crippen LogP contribution >= 0.6 is 11.8 Å². The Hall–Kier alpha value is -1.59. The topological polar surface area (TPSA) is 58.0 Å². The quantitative estimate of drug-likeness (QED) is 0.606. The normalized spacial score (nSPS) is 12.1. The van der Waals surface area contributed by atoms with E-state index in [1.165, 1.54) is 0 Å².